The second-order valence-electron chi connectivity index (χ2n) is 22.0. The topological polar surface area (TPSA) is 78.9 Å². The summed E-state index contributed by atoms with van der Waals surface area (Å²) in [5, 5.41) is 0. The van der Waals surface area contributed by atoms with Crippen LogP contribution >= 0.6 is 0 Å². The molecule has 0 aromatic heterocycles. The van der Waals surface area contributed by atoms with Gasteiger partial charge in [-0.05, 0) is 103 Å². The van der Waals surface area contributed by atoms with Crippen molar-refractivity contribution in [3.63, 3.8) is 0 Å². The van der Waals surface area contributed by atoms with Crippen LogP contribution in [0.4, 0.5) is 0 Å². The quantitative estimate of drug-likeness (QED) is 0.0261. The molecule has 0 aromatic rings. The summed E-state index contributed by atoms with van der Waals surface area (Å²) in [7, 11) is 0. The lowest BCUT2D eigenvalue weighted by Crippen LogP contribution is -2.30. The predicted molar refractivity (Wildman–Crippen MR) is 353 cm³/mol. The van der Waals surface area contributed by atoms with E-state index in [1.807, 2.05) is 6.08 Å². The molecular weight excluding hydrogens is 997 g/mol. The number of ether oxygens (including phenoxy) is 3. The fourth-order valence-corrected chi connectivity index (χ4v) is 9.20. The van der Waals surface area contributed by atoms with Gasteiger partial charge in [-0.25, -0.2) is 0 Å². The van der Waals surface area contributed by atoms with E-state index in [9.17, 15) is 14.4 Å². The van der Waals surface area contributed by atoms with Crippen molar-refractivity contribution in [3.8, 4) is 0 Å². The van der Waals surface area contributed by atoms with Crippen LogP contribution in [-0.4, -0.2) is 37.2 Å². The lowest BCUT2D eigenvalue weighted by Gasteiger charge is -2.18. The van der Waals surface area contributed by atoms with Gasteiger partial charge in [-0.1, -0.05) is 315 Å². The molecule has 0 aliphatic rings. The summed E-state index contributed by atoms with van der Waals surface area (Å²) in [6.45, 7) is 6.37. The van der Waals surface area contributed by atoms with Gasteiger partial charge in [0.15, 0.2) is 6.10 Å². The van der Waals surface area contributed by atoms with Crippen LogP contribution in [0.3, 0.4) is 0 Å². The molecule has 1 unspecified atom stereocenters. The van der Waals surface area contributed by atoms with Crippen LogP contribution in [0.2, 0.25) is 0 Å². The van der Waals surface area contributed by atoms with Crippen LogP contribution in [-0.2, 0) is 28.6 Å². The van der Waals surface area contributed by atoms with E-state index in [2.05, 4.69) is 148 Å². The average Bonchev–Trinajstić information content (AvgIpc) is 3.46. The van der Waals surface area contributed by atoms with Crippen LogP contribution in [0.15, 0.2) is 134 Å². The minimum atomic E-state index is -0.821. The number of carbonyl (C=O) groups is 3. The van der Waals surface area contributed by atoms with Crippen LogP contribution < -0.4 is 0 Å². The molecule has 0 fully saturated rings. The fraction of sp³-hybridized carbons (Fsp3) is 0.667. The molecule has 0 aliphatic heterocycles. The Hall–Kier alpha value is -4.45. The minimum absolute atomic E-state index is 0.107. The predicted octanol–water partition coefficient (Wildman–Crippen LogP) is 23.3. The molecule has 6 nitrogen and oxygen atoms in total. The van der Waals surface area contributed by atoms with Crippen LogP contribution in [0.1, 0.15) is 303 Å². The van der Waals surface area contributed by atoms with E-state index in [0.29, 0.717) is 19.3 Å². The highest BCUT2D eigenvalue weighted by atomic mass is 16.6. The third-order valence-electron chi connectivity index (χ3n) is 14.2. The van der Waals surface area contributed by atoms with Gasteiger partial charge in [0.05, 0.1) is 0 Å². The number of hydrogen-bond acceptors (Lipinski definition) is 6. The largest absolute Gasteiger partial charge is 0.462 e. The van der Waals surface area contributed by atoms with Gasteiger partial charge in [0.2, 0.25) is 0 Å². The van der Waals surface area contributed by atoms with Crippen molar-refractivity contribution < 1.29 is 28.6 Å². The van der Waals surface area contributed by atoms with Crippen molar-refractivity contribution in [1.29, 1.82) is 0 Å². The average molecular weight is 1120 g/mol. The highest BCUT2D eigenvalue weighted by Crippen LogP contribution is 2.16. The van der Waals surface area contributed by atoms with Crippen molar-refractivity contribution in [2.24, 2.45) is 0 Å². The smallest absolute Gasteiger partial charge is 0.306 e. The summed E-state index contributed by atoms with van der Waals surface area (Å²) < 4.78 is 16.9. The molecule has 0 bridgehead atoms. The van der Waals surface area contributed by atoms with Gasteiger partial charge >= 0.3 is 17.9 Å². The van der Waals surface area contributed by atoms with Gasteiger partial charge in [-0.3, -0.25) is 14.4 Å². The molecule has 0 aromatic carbocycles. The van der Waals surface area contributed by atoms with Crippen LogP contribution in [0.25, 0.3) is 0 Å². The van der Waals surface area contributed by atoms with Crippen molar-refractivity contribution >= 4 is 17.9 Å². The van der Waals surface area contributed by atoms with Gasteiger partial charge in [0, 0.05) is 19.3 Å². The molecule has 0 saturated carbocycles. The van der Waals surface area contributed by atoms with Gasteiger partial charge < -0.3 is 14.2 Å². The summed E-state index contributed by atoms with van der Waals surface area (Å²) in [5.74, 6) is -0.985. The lowest BCUT2D eigenvalue weighted by atomic mass is 10.0. The summed E-state index contributed by atoms with van der Waals surface area (Å²) in [6, 6.07) is 0. The Labute approximate surface area is 500 Å². The zero-order chi connectivity index (χ0) is 58.5. The third-order valence-corrected chi connectivity index (χ3v) is 14.2. The maximum absolute atomic E-state index is 12.9. The standard InChI is InChI=1S/C75H124O6/c1-4-7-10-13-16-19-22-25-27-29-31-32-33-34-35-36-37-38-39-40-41-42-44-45-47-50-53-56-59-62-65-68-74(77)80-71-72(70-79-73(76)67-64-61-58-55-52-49-24-21-18-15-12-9-6-3)81-75(78)69-66-63-60-57-54-51-48-46-43-30-28-26-23-20-17-14-11-8-5-2/h7-8,10-11,16-17,19-20,25-28,31-32,34-35,43,46,51,54,60,63,72H,4-6,9,12-15,18,21-24,29-30,33,36-42,44-45,47-50,52-53,55-59,61-62,64-71H2,1-3H3/b10-7-,11-8-,19-16-,20-17-,27-25-,28-26-,32-31-,35-34-,46-43-,54-51-,63-60-. The lowest BCUT2D eigenvalue weighted by molar-refractivity contribution is -0.166. The van der Waals surface area contributed by atoms with E-state index < -0.39 is 12.1 Å². The zero-order valence-corrected chi connectivity index (χ0v) is 52.8. The second-order valence-corrected chi connectivity index (χ2v) is 22.0. The molecular formula is C75H124O6. The number of hydrogen-bond donors (Lipinski definition) is 0. The molecule has 1 atom stereocenters. The normalized spacial score (nSPS) is 13.0. The Kier molecular flexibility index (Phi) is 64.3. The Morgan fingerprint density at radius 1 is 0.259 bits per heavy atom. The van der Waals surface area contributed by atoms with Crippen LogP contribution in [0.5, 0.6) is 0 Å². The summed E-state index contributed by atoms with van der Waals surface area (Å²) in [6.07, 6.45) is 96.3. The summed E-state index contributed by atoms with van der Waals surface area (Å²) in [5.41, 5.74) is 0. The monoisotopic (exact) mass is 1120 g/mol. The van der Waals surface area contributed by atoms with Gasteiger partial charge in [-0.2, -0.15) is 0 Å². The van der Waals surface area contributed by atoms with Gasteiger partial charge in [-0.15, -0.1) is 0 Å². The molecule has 0 N–H and O–H groups in total. The number of carbonyl (C=O) groups excluding carboxylic acids is 3. The number of allylic oxidation sites excluding steroid dienone is 22. The van der Waals surface area contributed by atoms with E-state index in [1.54, 1.807) is 0 Å². The molecule has 0 amide bonds. The molecule has 0 aliphatic carbocycles. The Morgan fingerprint density at radius 2 is 0.506 bits per heavy atom. The van der Waals surface area contributed by atoms with Crippen molar-refractivity contribution in [3.05, 3.63) is 134 Å². The third kappa shape index (κ3) is 66.2. The minimum Gasteiger partial charge on any atom is -0.462 e. The Morgan fingerprint density at radius 3 is 0.802 bits per heavy atom. The van der Waals surface area contributed by atoms with Crippen molar-refractivity contribution in [2.45, 2.75) is 309 Å². The van der Waals surface area contributed by atoms with E-state index in [4.69, 9.17) is 14.2 Å². The number of rotatable bonds is 60. The first-order chi connectivity index (χ1) is 40.0. The first-order valence-electron chi connectivity index (χ1n) is 33.7. The number of unbranched alkanes of at least 4 members (excludes halogenated alkanes) is 27. The Bertz CT molecular complexity index is 1720. The first-order valence-corrected chi connectivity index (χ1v) is 33.7. The summed E-state index contributed by atoms with van der Waals surface area (Å²) >= 11 is 0. The van der Waals surface area contributed by atoms with Gasteiger partial charge in [0.25, 0.3) is 0 Å². The molecule has 0 radical (unpaired) electrons. The van der Waals surface area contributed by atoms with Crippen molar-refractivity contribution in [1.82, 2.24) is 0 Å². The molecule has 0 rings (SSSR count). The molecule has 460 valence electrons. The highest BCUT2D eigenvalue weighted by Gasteiger charge is 2.19. The summed E-state index contributed by atoms with van der Waals surface area (Å²) in [4.78, 5) is 38.3. The first kappa shape index (κ1) is 76.5. The SMILES string of the molecule is CC/C=C\C/C=C\C/C=C\C/C=C\C/C=C\C/C=C\CCC(=O)OC(COC(=O)CCCCCCCCCCCCCCC)COC(=O)CCCCCCCCCCCCCCCCC/C=C\C/C=C\C/C=C\C/C=C\C/C=C\CC. The van der Waals surface area contributed by atoms with Crippen molar-refractivity contribution in [2.75, 3.05) is 13.2 Å². The van der Waals surface area contributed by atoms with E-state index in [1.165, 1.54) is 148 Å². The van der Waals surface area contributed by atoms with E-state index >= 15 is 0 Å². The fourth-order valence-electron chi connectivity index (χ4n) is 9.20. The van der Waals surface area contributed by atoms with E-state index in [-0.39, 0.29) is 31.6 Å². The van der Waals surface area contributed by atoms with Crippen LogP contribution in [0, 0.1) is 0 Å². The Balaban J connectivity index is 4.31. The highest BCUT2D eigenvalue weighted by molar-refractivity contribution is 5.71. The van der Waals surface area contributed by atoms with E-state index in [0.717, 1.165) is 109 Å². The maximum Gasteiger partial charge on any atom is 0.306 e. The molecule has 81 heavy (non-hydrogen) atoms. The number of esters is 3. The maximum atomic E-state index is 12.9. The molecule has 0 heterocycles. The molecule has 0 spiro atoms. The zero-order valence-electron chi connectivity index (χ0n) is 52.8. The molecule has 0 saturated heterocycles. The van der Waals surface area contributed by atoms with Gasteiger partial charge in [0.1, 0.15) is 13.2 Å². The molecule has 6 heteroatoms. The second kappa shape index (κ2) is 68.1.